The van der Waals surface area contributed by atoms with E-state index in [1.165, 1.54) is 24.3 Å². The molecule has 2 aromatic rings. The summed E-state index contributed by atoms with van der Waals surface area (Å²) < 4.78 is 13.2. The lowest BCUT2D eigenvalue weighted by atomic mass is 10.0. The maximum atomic E-state index is 13.2. The first-order valence-electron chi connectivity index (χ1n) is 5.01. The molecule has 0 aliphatic heterocycles. The molecule has 0 unspecified atom stereocenters. The highest BCUT2D eigenvalue weighted by Gasteiger charge is 2.11. The summed E-state index contributed by atoms with van der Waals surface area (Å²) in [6, 6.07) is 8.21. The topological polar surface area (TPSA) is 57.5 Å². The first-order valence-corrected chi connectivity index (χ1v) is 5.38. The van der Waals surface area contributed by atoms with Crippen LogP contribution in [0.1, 0.15) is 10.4 Å². The van der Waals surface area contributed by atoms with Crippen LogP contribution in [0.5, 0.6) is 5.75 Å². The van der Waals surface area contributed by atoms with Crippen LogP contribution >= 0.6 is 11.6 Å². The fraction of sp³-hybridized carbons (Fsp3) is 0. The predicted molar refractivity (Wildman–Crippen MR) is 65.5 cm³/mol. The van der Waals surface area contributed by atoms with Crippen molar-refractivity contribution >= 4 is 17.6 Å². The lowest BCUT2D eigenvalue weighted by molar-refractivity contribution is 0.0697. The molecule has 3 nitrogen and oxygen atoms in total. The van der Waals surface area contributed by atoms with E-state index in [9.17, 15) is 9.18 Å². The van der Waals surface area contributed by atoms with Crippen LogP contribution < -0.4 is 0 Å². The number of halogens is 2. The molecule has 2 aromatic carbocycles. The SMILES string of the molecule is O=C(O)c1cc(-c2ccc(O)c(F)c2)ccc1Cl. The van der Waals surface area contributed by atoms with E-state index >= 15 is 0 Å². The lowest BCUT2D eigenvalue weighted by Crippen LogP contribution is -1.97. The van der Waals surface area contributed by atoms with Crippen molar-refractivity contribution in [2.75, 3.05) is 0 Å². The summed E-state index contributed by atoms with van der Waals surface area (Å²) in [7, 11) is 0. The van der Waals surface area contributed by atoms with Gasteiger partial charge in [-0.1, -0.05) is 23.7 Å². The number of carboxylic acid groups (broad SMARTS) is 1. The molecule has 92 valence electrons. The summed E-state index contributed by atoms with van der Waals surface area (Å²) in [4.78, 5) is 10.9. The van der Waals surface area contributed by atoms with Gasteiger partial charge in [0, 0.05) is 0 Å². The highest BCUT2D eigenvalue weighted by molar-refractivity contribution is 6.33. The standard InChI is InChI=1S/C13H8ClFO3/c14-10-3-1-7(5-9(10)13(17)18)8-2-4-12(16)11(15)6-8/h1-6,16H,(H,17,18). The molecule has 18 heavy (non-hydrogen) atoms. The first-order chi connectivity index (χ1) is 8.49. The summed E-state index contributed by atoms with van der Waals surface area (Å²) in [6.07, 6.45) is 0. The maximum absolute atomic E-state index is 13.2. The number of hydrogen-bond donors (Lipinski definition) is 2. The summed E-state index contributed by atoms with van der Waals surface area (Å²) in [6.45, 7) is 0. The maximum Gasteiger partial charge on any atom is 0.337 e. The molecule has 0 aromatic heterocycles. The van der Waals surface area contributed by atoms with E-state index < -0.39 is 17.5 Å². The van der Waals surface area contributed by atoms with Gasteiger partial charge in [-0.05, 0) is 35.4 Å². The van der Waals surface area contributed by atoms with Gasteiger partial charge in [0.15, 0.2) is 11.6 Å². The Hall–Kier alpha value is -2.07. The number of phenolic OH excluding ortho intramolecular Hbond substituents is 1. The third-order valence-electron chi connectivity index (χ3n) is 2.48. The number of rotatable bonds is 2. The molecule has 0 saturated heterocycles. The molecule has 0 atom stereocenters. The summed E-state index contributed by atoms with van der Waals surface area (Å²) >= 11 is 5.74. The second-order valence-corrected chi connectivity index (χ2v) is 4.07. The zero-order chi connectivity index (χ0) is 13.3. The average Bonchev–Trinajstić information content (AvgIpc) is 2.33. The van der Waals surface area contributed by atoms with Gasteiger partial charge in [-0.3, -0.25) is 0 Å². The van der Waals surface area contributed by atoms with Crippen LogP contribution in [-0.4, -0.2) is 16.2 Å². The number of carboxylic acids is 1. The van der Waals surface area contributed by atoms with Gasteiger partial charge in [-0.15, -0.1) is 0 Å². The van der Waals surface area contributed by atoms with E-state index in [4.69, 9.17) is 21.8 Å². The smallest absolute Gasteiger partial charge is 0.337 e. The Morgan fingerprint density at radius 3 is 2.33 bits per heavy atom. The summed E-state index contributed by atoms with van der Waals surface area (Å²) in [5.74, 6) is -2.37. The minimum absolute atomic E-state index is 0.0531. The molecule has 0 bridgehead atoms. The average molecular weight is 267 g/mol. The normalized spacial score (nSPS) is 10.3. The van der Waals surface area contributed by atoms with Gasteiger partial charge in [-0.2, -0.15) is 0 Å². The van der Waals surface area contributed by atoms with Crippen LogP contribution in [0.15, 0.2) is 36.4 Å². The van der Waals surface area contributed by atoms with Gasteiger partial charge < -0.3 is 10.2 Å². The molecular formula is C13H8ClFO3. The molecule has 0 heterocycles. The van der Waals surface area contributed by atoms with Gasteiger partial charge in [0.05, 0.1) is 10.6 Å². The quantitative estimate of drug-likeness (QED) is 0.874. The van der Waals surface area contributed by atoms with E-state index in [0.717, 1.165) is 6.07 Å². The van der Waals surface area contributed by atoms with E-state index in [1.54, 1.807) is 6.07 Å². The minimum Gasteiger partial charge on any atom is -0.505 e. The Kier molecular flexibility index (Phi) is 3.21. The van der Waals surface area contributed by atoms with Gasteiger partial charge >= 0.3 is 5.97 Å². The van der Waals surface area contributed by atoms with Crippen molar-refractivity contribution in [3.8, 4) is 16.9 Å². The largest absolute Gasteiger partial charge is 0.505 e. The van der Waals surface area contributed by atoms with E-state index in [0.29, 0.717) is 11.1 Å². The number of hydrogen-bond acceptors (Lipinski definition) is 2. The minimum atomic E-state index is -1.15. The van der Waals surface area contributed by atoms with E-state index in [1.807, 2.05) is 0 Å². The van der Waals surface area contributed by atoms with Crippen molar-refractivity contribution in [2.24, 2.45) is 0 Å². The molecule has 0 aliphatic rings. The van der Waals surface area contributed by atoms with Crippen molar-refractivity contribution in [3.05, 3.63) is 52.8 Å². The second-order valence-electron chi connectivity index (χ2n) is 3.67. The van der Waals surface area contributed by atoms with Crippen LogP contribution in [-0.2, 0) is 0 Å². The summed E-state index contributed by atoms with van der Waals surface area (Å²) in [5.41, 5.74) is 0.919. The Balaban J connectivity index is 2.54. The van der Waals surface area contributed by atoms with Gasteiger partial charge in [0.25, 0.3) is 0 Å². The van der Waals surface area contributed by atoms with Crippen LogP contribution in [0.25, 0.3) is 11.1 Å². The van der Waals surface area contributed by atoms with Crippen LogP contribution in [0, 0.1) is 5.82 Å². The Bertz CT molecular complexity index is 626. The third-order valence-corrected chi connectivity index (χ3v) is 2.81. The van der Waals surface area contributed by atoms with Crippen molar-refractivity contribution in [1.29, 1.82) is 0 Å². The number of phenols is 1. The molecule has 0 fully saturated rings. The molecule has 0 saturated carbocycles. The van der Waals surface area contributed by atoms with Gasteiger partial charge in [0.2, 0.25) is 0 Å². The zero-order valence-electron chi connectivity index (χ0n) is 9.02. The zero-order valence-corrected chi connectivity index (χ0v) is 9.78. The van der Waals surface area contributed by atoms with Crippen molar-refractivity contribution < 1.29 is 19.4 Å². The molecule has 2 rings (SSSR count). The number of aromatic hydroxyl groups is 1. The molecule has 0 aliphatic carbocycles. The molecular weight excluding hydrogens is 259 g/mol. The molecule has 2 N–H and O–H groups in total. The number of aromatic carboxylic acids is 1. The van der Waals surface area contributed by atoms with E-state index in [-0.39, 0.29) is 10.6 Å². The predicted octanol–water partition coefficient (Wildman–Crippen LogP) is 3.55. The van der Waals surface area contributed by atoms with Gasteiger partial charge in [0.1, 0.15) is 0 Å². The van der Waals surface area contributed by atoms with Crippen molar-refractivity contribution in [1.82, 2.24) is 0 Å². The monoisotopic (exact) mass is 266 g/mol. The molecule has 0 amide bonds. The fourth-order valence-corrected chi connectivity index (χ4v) is 1.75. The fourth-order valence-electron chi connectivity index (χ4n) is 1.56. The lowest BCUT2D eigenvalue weighted by Gasteiger charge is -2.05. The molecule has 5 heteroatoms. The van der Waals surface area contributed by atoms with Crippen LogP contribution in [0.2, 0.25) is 5.02 Å². The van der Waals surface area contributed by atoms with Crippen LogP contribution in [0.3, 0.4) is 0 Å². The Morgan fingerprint density at radius 2 is 1.72 bits per heavy atom. The van der Waals surface area contributed by atoms with Crippen molar-refractivity contribution in [3.63, 3.8) is 0 Å². The first kappa shape index (κ1) is 12.4. The summed E-state index contributed by atoms with van der Waals surface area (Å²) in [5, 5.41) is 18.1. The molecule has 0 spiro atoms. The Morgan fingerprint density at radius 1 is 1.11 bits per heavy atom. The Labute approximate surface area is 107 Å². The number of carbonyl (C=O) groups is 1. The third kappa shape index (κ3) is 2.28. The van der Waals surface area contributed by atoms with Gasteiger partial charge in [-0.25, -0.2) is 9.18 Å². The molecule has 0 radical (unpaired) electrons. The highest BCUT2D eigenvalue weighted by atomic mass is 35.5. The number of benzene rings is 2. The second kappa shape index (κ2) is 4.66. The van der Waals surface area contributed by atoms with Crippen LogP contribution in [0.4, 0.5) is 4.39 Å². The highest BCUT2D eigenvalue weighted by Crippen LogP contribution is 2.28. The van der Waals surface area contributed by atoms with E-state index in [2.05, 4.69) is 0 Å². The van der Waals surface area contributed by atoms with Crippen molar-refractivity contribution in [2.45, 2.75) is 0 Å².